The summed E-state index contributed by atoms with van der Waals surface area (Å²) < 4.78 is 18.1. The van der Waals surface area contributed by atoms with Gasteiger partial charge in [-0.05, 0) is 30.3 Å². The van der Waals surface area contributed by atoms with E-state index in [1.165, 1.54) is 12.1 Å². The standard InChI is InChI=1S/C10H8FNO/c11-8-6-7(3-4-9(8)12)10-2-1-5-13-10/h1-6H,12H2. The lowest BCUT2D eigenvalue weighted by molar-refractivity contribution is 0.580. The zero-order valence-electron chi connectivity index (χ0n) is 6.83. The molecular weight excluding hydrogens is 169 g/mol. The third-order valence-corrected chi connectivity index (χ3v) is 1.81. The summed E-state index contributed by atoms with van der Waals surface area (Å²) in [6.45, 7) is 0. The van der Waals surface area contributed by atoms with Crippen molar-refractivity contribution in [2.75, 3.05) is 5.73 Å². The van der Waals surface area contributed by atoms with Crippen molar-refractivity contribution < 1.29 is 8.81 Å². The van der Waals surface area contributed by atoms with E-state index in [-0.39, 0.29) is 5.69 Å². The van der Waals surface area contributed by atoms with Gasteiger partial charge in [0.1, 0.15) is 11.6 Å². The highest BCUT2D eigenvalue weighted by molar-refractivity contribution is 5.60. The summed E-state index contributed by atoms with van der Waals surface area (Å²) in [4.78, 5) is 0. The Kier molecular flexibility index (Phi) is 1.77. The van der Waals surface area contributed by atoms with Crippen molar-refractivity contribution in [2.45, 2.75) is 0 Å². The lowest BCUT2D eigenvalue weighted by atomic mass is 10.1. The van der Waals surface area contributed by atoms with E-state index < -0.39 is 5.82 Å². The predicted molar refractivity (Wildman–Crippen MR) is 48.5 cm³/mol. The molecule has 0 amide bonds. The highest BCUT2D eigenvalue weighted by atomic mass is 19.1. The molecular formula is C10H8FNO. The maximum atomic E-state index is 13.0. The molecule has 0 spiro atoms. The highest BCUT2D eigenvalue weighted by Gasteiger charge is 2.03. The minimum absolute atomic E-state index is 0.148. The molecule has 2 nitrogen and oxygen atoms in total. The van der Waals surface area contributed by atoms with Gasteiger partial charge in [0, 0.05) is 5.56 Å². The maximum absolute atomic E-state index is 13.0. The molecule has 0 aliphatic carbocycles. The summed E-state index contributed by atoms with van der Waals surface area (Å²) in [5, 5.41) is 0. The van der Waals surface area contributed by atoms with E-state index in [0.717, 1.165) is 0 Å². The lowest BCUT2D eigenvalue weighted by Crippen LogP contribution is -1.89. The van der Waals surface area contributed by atoms with Crippen LogP contribution in [0.25, 0.3) is 11.3 Å². The Hall–Kier alpha value is -1.77. The number of hydrogen-bond donors (Lipinski definition) is 1. The van der Waals surface area contributed by atoms with Crippen molar-refractivity contribution in [2.24, 2.45) is 0 Å². The van der Waals surface area contributed by atoms with Crippen LogP contribution in [-0.4, -0.2) is 0 Å². The Balaban J connectivity index is 2.49. The Morgan fingerprint density at radius 3 is 2.69 bits per heavy atom. The van der Waals surface area contributed by atoms with Gasteiger partial charge in [0.25, 0.3) is 0 Å². The van der Waals surface area contributed by atoms with E-state index in [1.807, 2.05) is 0 Å². The fraction of sp³-hybridized carbons (Fsp3) is 0. The van der Waals surface area contributed by atoms with E-state index in [2.05, 4.69) is 0 Å². The molecule has 1 heterocycles. The number of hydrogen-bond acceptors (Lipinski definition) is 2. The van der Waals surface area contributed by atoms with Gasteiger partial charge in [0.15, 0.2) is 0 Å². The van der Waals surface area contributed by atoms with Gasteiger partial charge < -0.3 is 10.2 Å². The Morgan fingerprint density at radius 1 is 1.23 bits per heavy atom. The van der Waals surface area contributed by atoms with E-state index in [0.29, 0.717) is 11.3 Å². The topological polar surface area (TPSA) is 39.2 Å². The Morgan fingerprint density at radius 2 is 2.08 bits per heavy atom. The Labute approximate surface area is 74.8 Å². The van der Waals surface area contributed by atoms with Gasteiger partial charge in [-0.3, -0.25) is 0 Å². The number of anilines is 1. The van der Waals surface area contributed by atoms with E-state index in [4.69, 9.17) is 10.2 Å². The molecule has 0 bridgehead atoms. The molecule has 0 fully saturated rings. The first kappa shape index (κ1) is 7.86. The average molecular weight is 177 g/mol. The second-order valence-electron chi connectivity index (χ2n) is 2.71. The fourth-order valence-electron chi connectivity index (χ4n) is 1.12. The number of furan rings is 1. The molecule has 0 unspecified atom stereocenters. The van der Waals surface area contributed by atoms with Gasteiger partial charge >= 0.3 is 0 Å². The van der Waals surface area contributed by atoms with Crippen LogP contribution in [0.4, 0.5) is 10.1 Å². The normalized spacial score (nSPS) is 10.2. The molecule has 3 heteroatoms. The molecule has 13 heavy (non-hydrogen) atoms. The highest BCUT2D eigenvalue weighted by Crippen LogP contribution is 2.22. The molecule has 1 aromatic carbocycles. The van der Waals surface area contributed by atoms with E-state index in [1.54, 1.807) is 24.5 Å². The summed E-state index contributed by atoms with van der Waals surface area (Å²) in [5.74, 6) is 0.216. The molecule has 0 aliphatic rings. The van der Waals surface area contributed by atoms with Gasteiger partial charge in [0.05, 0.1) is 12.0 Å². The molecule has 0 atom stereocenters. The van der Waals surface area contributed by atoms with Gasteiger partial charge in [-0.15, -0.1) is 0 Å². The van der Waals surface area contributed by atoms with Crippen LogP contribution in [0.15, 0.2) is 41.0 Å². The summed E-state index contributed by atoms with van der Waals surface area (Å²) in [5.41, 5.74) is 6.18. The van der Waals surface area contributed by atoms with Crippen LogP contribution in [0.1, 0.15) is 0 Å². The largest absolute Gasteiger partial charge is 0.464 e. The molecule has 0 radical (unpaired) electrons. The number of halogens is 1. The summed E-state index contributed by atoms with van der Waals surface area (Å²) in [6, 6.07) is 8.12. The van der Waals surface area contributed by atoms with E-state index >= 15 is 0 Å². The van der Waals surface area contributed by atoms with Crippen molar-refractivity contribution in [1.29, 1.82) is 0 Å². The number of nitrogens with two attached hydrogens (primary N) is 1. The van der Waals surface area contributed by atoms with Gasteiger partial charge in [-0.25, -0.2) is 4.39 Å². The Bertz CT molecular complexity index is 409. The first-order valence-electron chi connectivity index (χ1n) is 3.86. The predicted octanol–water partition coefficient (Wildman–Crippen LogP) is 2.67. The molecule has 66 valence electrons. The zero-order valence-corrected chi connectivity index (χ0v) is 6.83. The fourth-order valence-corrected chi connectivity index (χ4v) is 1.12. The van der Waals surface area contributed by atoms with Crippen molar-refractivity contribution in [3.8, 4) is 11.3 Å². The lowest BCUT2D eigenvalue weighted by Gasteiger charge is -1.99. The van der Waals surface area contributed by atoms with Crippen molar-refractivity contribution in [3.05, 3.63) is 42.4 Å². The zero-order chi connectivity index (χ0) is 9.26. The van der Waals surface area contributed by atoms with Crippen molar-refractivity contribution in [1.82, 2.24) is 0 Å². The third kappa shape index (κ3) is 1.40. The SMILES string of the molecule is Nc1ccc(-c2ccco2)cc1F. The first-order valence-corrected chi connectivity index (χ1v) is 3.86. The van der Waals surface area contributed by atoms with Crippen LogP contribution in [-0.2, 0) is 0 Å². The minimum atomic E-state index is -0.422. The van der Waals surface area contributed by atoms with Crippen molar-refractivity contribution >= 4 is 5.69 Å². The van der Waals surface area contributed by atoms with Gasteiger partial charge in [0.2, 0.25) is 0 Å². The summed E-state index contributed by atoms with van der Waals surface area (Å²) >= 11 is 0. The molecule has 1 aromatic heterocycles. The number of benzene rings is 1. The molecule has 2 rings (SSSR count). The van der Waals surface area contributed by atoms with Gasteiger partial charge in [-0.2, -0.15) is 0 Å². The first-order chi connectivity index (χ1) is 6.27. The average Bonchev–Trinajstić information content (AvgIpc) is 2.62. The third-order valence-electron chi connectivity index (χ3n) is 1.81. The molecule has 0 saturated heterocycles. The molecule has 2 N–H and O–H groups in total. The molecule has 0 saturated carbocycles. The van der Waals surface area contributed by atoms with Crippen LogP contribution in [0, 0.1) is 5.82 Å². The molecule has 0 aliphatic heterocycles. The van der Waals surface area contributed by atoms with Gasteiger partial charge in [-0.1, -0.05) is 0 Å². The van der Waals surface area contributed by atoms with E-state index in [9.17, 15) is 4.39 Å². The monoisotopic (exact) mass is 177 g/mol. The van der Waals surface area contributed by atoms with Crippen LogP contribution >= 0.6 is 0 Å². The smallest absolute Gasteiger partial charge is 0.146 e. The quantitative estimate of drug-likeness (QED) is 0.680. The summed E-state index contributed by atoms with van der Waals surface area (Å²) in [7, 11) is 0. The number of nitrogen functional groups attached to an aromatic ring is 1. The van der Waals surface area contributed by atoms with Crippen molar-refractivity contribution in [3.63, 3.8) is 0 Å². The van der Waals surface area contributed by atoms with Crippen LogP contribution in [0.2, 0.25) is 0 Å². The minimum Gasteiger partial charge on any atom is -0.464 e. The summed E-state index contributed by atoms with van der Waals surface area (Å²) in [6.07, 6.45) is 1.55. The molecule has 2 aromatic rings. The van der Waals surface area contributed by atoms with Crippen LogP contribution < -0.4 is 5.73 Å². The maximum Gasteiger partial charge on any atom is 0.146 e. The van der Waals surface area contributed by atoms with Crippen LogP contribution in [0.3, 0.4) is 0 Å². The van der Waals surface area contributed by atoms with Crippen LogP contribution in [0.5, 0.6) is 0 Å². The second kappa shape index (κ2) is 2.94. The number of rotatable bonds is 1. The second-order valence-corrected chi connectivity index (χ2v) is 2.71.